The summed E-state index contributed by atoms with van der Waals surface area (Å²) in [5, 5.41) is 0. The third-order valence-corrected chi connectivity index (χ3v) is 0.892. The van der Waals surface area contributed by atoms with Crippen LogP contribution >= 0.6 is 0 Å². The van der Waals surface area contributed by atoms with Crippen molar-refractivity contribution >= 4 is 6.26 Å². The molecule has 40 valence electrons. The van der Waals surface area contributed by atoms with Crippen molar-refractivity contribution in [1.29, 1.82) is 0 Å². The molecule has 0 N–H and O–H groups in total. The highest BCUT2D eigenvalue weighted by Crippen LogP contribution is 1.91. The van der Waals surface area contributed by atoms with E-state index >= 15 is 0 Å². The number of aldehydes is 1. The second-order valence-corrected chi connectivity index (χ2v) is 1.47. The molecule has 8 heavy (non-hydrogen) atoms. The highest BCUT2D eigenvalue weighted by molar-refractivity contribution is 5.74. The van der Waals surface area contributed by atoms with E-state index in [1.165, 1.54) is 0 Å². The van der Waals surface area contributed by atoms with Gasteiger partial charge in [-0.05, 0) is 0 Å². The van der Waals surface area contributed by atoms with E-state index in [-0.39, 0.29) is 0 Å². The topological polar surface area (TPSA) is 17.1 Å². The van der Waals surface area contributed by atoms with Gasteiger partial charge < -0.3 is 0 Å². The van der Waals surface area contributed by atoms with Gasteiger partial charge in [0.2, 0.25) is 0 Å². The van der Waals surface area contributed by atoms with Crippen LogP contribution in [-0.4, -0.2) is 6.26 Å². The highest BCUT2D eigenvalue weighted by Gasteiger charge is 1.79. The average molecular weight is 108 g/mol. The maximum Gasteiger partial charge on any atom is 0.150 e. The Labute approximate surface area is 49.4 Å². The van der Waals surface area contributed by atoms with Crippen LogP contribution in [0.3, 0.4) is 0 Å². The molecule has 0 aliphatic rings. The minimum absolute atomic E-state index is 0.442. The van der Waals surface area contributed by atoms with Crippen LogP contribution < -0.4 is 0 Å². The van der Waals surface area contributed by atoms with Gasteiger partial charge in [-0.15, -0.1) is 0 Å². The fraction of sp³-hybridized carbons (Fsp3) is 0. The van der Waals surface area contributed by atoms with Crippen LogP contribution in [0, 0.1) is 0 Å². The molecule has 0 unspecified atom stereocenters. The fourth-order valence-electron chi connectivity index (χ4n) is 0.506. The summed E-state index contributed by atoms with van der Waals surface area (Å²) in [7, 11) is 0. The molecule has 0 atom stereocenters. The lowest BCUT2D eigenvalue weighted by Crippen LogP contribution is -1.73. The lowest BCUT2D eigenvalue weighted by atomic mass is 10.2. The predicted octanol–water partition coefficient (Wildman–Crippen LogP) is 1.50. The van der Waals surface area contributed by atoms with Crippen LogP contribution in [0.15, 0.2) is 30.3 Å². The van der Waals surface area contributed by atoms with Crippen LogP contribution in [0.5, 0.6) is 0 Å². The molecule has 0 amide bonds. The Morgan fingerprint density at radius 3 is 2.38 bits per heavy atom. The maximum atomic E-state index is 10.3. The Bertz CT molecular complexity index is 205. The Balaban J connectivity index is 2.98. The zero-order valence-electron chi connectivity index (χ0n) is 5.29. The molecule has 0 saturated heterocycles. The molecule has 0 fully saturated rings. The van der Waals surface area contributed by atoms with Gasteiger partial charge in [-0.1, -0.05) is 30.3 Å². The predicted molar refractivity (Wildman–Crippen MR) is 31.8 cm³/mol. The van der Waals surface area contributed by atoms with Gasteiger partial charge in [-0.3, -0.25) is 4.79 Å². The summed E-state index contributed by atoms with van der Waals surface area (Å²) in [6.07, 6.45) is -0.629. The number of rotatable bonds is 1. The van der Waals surface area contributed by atoms with E-state index < -0.39 is 6.26 Å². The van der Waals surface area contributed by atoms with Crippen LogP contribution in [0.4, 0.5) is 0 Å². The van der Waals surface area contributed by atoms with Crippen molar-refractivity contribution in [3.63, 3.8) is 0 Å². The minimum Gasteiger partial charge on any atom is -0.298 e. The molecule has 0 aliphatic carbocycles. The molecule has 1 aromatic rings. The lowest BCUT2D eigenvalue weighted by molar-refractivity contribution is 0.112. The molecule has 1 rings (SSSR count). The van der Waals surface area contributed by atoms with E-state index in [2.05, 4.69) is 0 Å². The second kappa shape index (κ2) is 2.26. The number of hydrogen-bond acceptors (Lipinski definition) is 1. The molecule has 0 radical (unpaired) electrons. The van der Waals surface area contributed by atoms with Gasteiger partial charge in [0.05, 0.1) is 0 Å². The number of hydrogen-bond donors (Lipinski definition) is 0. The Kier molecular flexibility index (Phi) is 1.09. The monoisotopic (exact) mass is 108 g/mol. The molecule has 1 heteroatoms. The standard InChI is InChI=1S/C7H6O/c8-6-7-4-2-1-3-5-7/h1-6H/i6T. The summed E-state index contributed by atoms with van der Waals surface area (Å²) in [6, 6.07) is 8.53. The Hall–Kier alpha value is -1.11. The quantitative estimate of drug-likeness (QED) is 0.498. The van der Waals surface area contributed by atoms with Crippen molar-refractivity contribution in [2.24, 2.45) is 0 Å². The first-order valence-electron chi connectivity index (χ1n) is 2.86. The van der Waals surface area contributed by atoms with Crippen molar-refractivity contribution in [3.8, 4) is 0 Å². The van der Waals surface area contributed by atoms with E-state index in [4.69, 9.17) is 1.37 Å². The average Bonchev–Trinajstić information content (AvgIpc) is 1.90. The molecule has 0 heterocycles. The summed E-state index contributed by atoms with van der Waals surface area (Å²) < 4.78 is 6.68. The summed E-state index contributed by atoms with van der Waals surface area (Å²) in [6.45, 7) is 0. The Morgan fingerprint density at radius 2 is 2.00 bits per heavy atom. The van der Waals surface area contributed by atoms with Crippen molar-refractivity contribution in [2.45, 2.75) is 0 Å². The van der Waals surface area contributed by atoms with Crippen molar-refractivity contribution in [1.82, 2.24) is 0 Å². The van der Waals surface area contributed by atoms with Crippen LogP contribution in [-0.2, 0) is 0 Å². The van der Waals surface area contributed by atoms with Gasteiger partial charge in [0.1, 0.15) is 7.63 Å². The molecule has 0 spiro atoms. The third-order valence-electron chi connectivity index (χ3n) is 0.892. The largest absolute Gasteiger partial charge is 0.298 e. The zero-order valence-corrected chi connectivity index (χ0v) is 4.29. The van der Waals surface area contributed by atoms with E-state index in [1.54, 1.807) is 24.3 Å². The van der Waals surface area contributed by atoms with Gasteiger partial charge in [0, 0.05) is 5.56 Å². The summed E-state index contributed by atoms with van der Waals surface area (Å²) >= 11 is 0. The smallest absolute Gasteiger partial charge is 0.150 e. The first-order valence-corrected chi connectivity index (χ1v) is 2.36. The normalized spacial score (nSPS) is 10.2. The van der Waals surface area contributed by atoms with Crippen molar-refractivity contribution in [2.75, 3.05) is 0 Å². The van der Waals surface area contributed by atoms with E-state index in [0.29, 0.717) is 5.56 Å². The Morgan fingerprint density at radius 1 is 1.38 bits per heavy atom. The first-order chi connectivity index (χ1) is 4.30. The molecule has 1 aromatic carbocycles. The molecular formula is C7H6O. The van der Waals surface area contributed by atoms with Crippen molar-refractivity contribution in [3.05, 3.63) is 35.9 Å². The van der Waals surface area contributed by atoms with Gasteiger partial charge >= 0.3 is 0 Å². The molecule has 0 saturated carbocycles. The summed E-state index contributed by atoms with van der Waals surface area (Å²) in [5.74, 6) is 0. The molecule has 0 bridgehead atoms. The SMILES string of the molecule is [3H]C(=O)c1ccccc1. The van der Waals surface area contributed by atoms with E-state index in [1.807, 2.05) is 6.07 Å². The van der Waals surface area contributed by atoms with Crippen LogP contribution in [0.25, 0.3) is 0 Å². The van der Waals surface area contributed by atoms with Gasteiger partial charge in [0.15, 0.2) is 0 Å². The van der Waals surface area contributed by atoms with Gasteiger partial charge in [-0.25, -0.2) is 0 Å². The van der Waals surface area contributed by atoms with E-state index in [0.717, 1.165) is 0 Å². The summed E-state index contributed by atoms with van der Waals surface area (Å²) in [4.78, 5) is 10.3. The van der Waals surface area contributed by atoms with Crippen molar-refractivity contribution < 1.29 is 6.17 Å². The van der Waals surface area contributed by atoms with Gasteiger partial charge in [0.25, 0.3) is 0 Å². The lowest BCUT2D eigenvalue weighted by Gasteiger charge is -1.81. The first kappa shape index (κ1) is 3.84. The highest BCUT2D eigenvalue weighted by atomic mass is 16.1. The molecular weight excluding hydrogens is 100 g/mol. The molecule has 0 aliphatic heterocycles. The number of benzene rings is 1. The molecule has 0 aromatic heterocycles. The number of carbonyl (C=O) groups excluding carboxylic acids is 1. The van der Waals surface area contributed by atoms with Crippen LogP contribution in [0.2, 0.25) is 0 Å². The zero-order chi connectivity index (χ0) is 6.69. The van der Waals surface area contributed by atoms with E-state index in [9.17, 15) is 4.79 Å². The van der Waals surface area contributed by atoms with Gasteiger partial charge in [-0.2, -0.15) is 0 Å². The maximum absolute atomic E-state index is 10.3. The van der Waals surface area contributed by atoms with Crippen LogP contribution in [0.1, 0.15) is 11.7 Å². The fourth-order valence-corrected chi connectivity index (χ4v) is 0.506. The number of carbonyl (C=O) groups is 1. The third kappa shape index (κ3) is 0.936. The minimum atomic E-state index is -0.629. The molecule has 1 nitrogen and oxygen atoms in total. The summed E-state index contributed by atoms with van der Waals surface area (Å²) in [5.41, 5.74) is 0.442. The second-order valence-electron chi connectivity index (χ2n) is 1.47.